The van der Waals surface area contributed by atoms with Gasteiger partial charge in [-0.15, -0.1) is 0 Å². The van der Waals surface area contributed by atoms with Gasteiger partial charge in [-0.05, 0) is 30.0 Å². The molecule has 0 saturated heterocycles. The first kappa shape index (κ1) is 11.1. The van der Waals surface area contributed by atoms with E-state index in [1.165, 1.54) is 29.7 Å². The van der Waals surface area contributed by atoms with Gasteiger partial charge < -0.3 is 10.6 Å². The van der Waals surface area contributed by atoms with Gasteiger partial charge in [0.25, 0.3) is 0 Å². The van der Waals surface area contributed by atoms with E-state index < -0.39 is 0 Å². The van der Waals surface area contributed by atoms with Crippen molar-refractivity contribution in [3.8, 4) is 0 Å². The molecule has 1 aliphatic rings. The van der Waals surface area contributed by atoms with Gasteiger partial charge in [0.05, 0.1) is 11.9 Å². The van der Waals surface area contributed by atoms with Crippen molar-refractivity contribution in [1.29, 1.82) is 0 Å². The summed E-state index contributed by atoms with van der Waals surface area (Å²) < 4.78 is 1.81. The molecule has 0 unspecified atom stereocenters. The van der Waals surface area contributed by atoms with Crippen LogP contribution in [0.1, 0.15) is 17.5 Å². The lowest BCUT2D eigenvalue weighted by molar-refractivity contribution is 0.768. The van der Waals surface area contributed by atoms with E-state index in [0.717, 1.165) is 18.8 Å². The molecule has 0 bridgehead atoms. The van der Waals surface area contributed by atoms with Crippen LogP contribution in [0.2, 0.25) is 0 Å². The van der Waals surface area contributed by atoms with E-state index in [9.17, 15) is 0 Å². The van der Waals surface area contributed by atoms with Gasteiger partial charge in [-0.2, -0.15) is 5.10 Å². The Balaban J connectivity index is 1.76. The summed E-state index contributed by atoms with van der Waals surface area (Å²) in [6.07, 6.45) is 6.24. The predicted molar refractivity (Wildman–Crippen MR) is 73.8 cm³/mol. The molecule has 0 atom stereocenters. The van der Waals surface area contributed by atoms with Gasteiger partial charge in [0.1, 0.15) is 0 Å². The topological polar surface area (TPSA) is 41.9 Å². The molecule has 0 aliphatic carbocycles. The molecule has 3 rings (SSSR count). The summed E-state index contributed by atoms with van der Waals surface area (Å²) in [5.41, 5.74) is 5.20. The zero-order chi connectivity index (χ0) is 12.4. The second-order valence-electron chi connectivity index (χ2n) is 4.73. The first-order valence-corrected chi connectivity index (χ1v) is 6.40. The maximum atomic E-state index is 4.16. The molecule has 0 radical (unpaired) electrons. The Morgan fingerprint density at radius 1 is 1.44 bits per heavy atom. The lowest BCUT2D eigenvalue weighted by atomic mass is 9.97. The number of nitrogens with zero attached hydrogens (tertiary/aromatic N) is 2. The van der Waals surface area contributed by atoms with E-state index in [1.807, 2.05) is 24.1 Å². The van der Waals surface area contributed by atoms with Crippen LogP contribution in [0.4, 0.5) is 11.4 Å². The van der Waals surface area contributed by atoms with Gasteiger partial charge >= 0.3 is 0 Å². The van der Waals surface area contributed by atoms with E-state index >= 15 is 0 Å². The van der Waals surface area contributed by atoms with Crippen molar-refractivity contribution in [2.24, 2.45) is 7.05 Å². The predicted octanol–water partition coefficient (Wildman–Crippen LogP) is 2.39. The Labute approximate surface area is 107 Å². The number of anilines is 2. The zero-order valence-electron chi connectivity index (χ0n) is 10.6. The third-order valence-corrected chi connectivity index (χ3v) is 3.38. The number of benzene rings is 1. The van der Waals surface area contributed by atoms with Crippen molar-refractivity contribution >= 4 is 11.4 Å². The number of aromatic nitrogens is 2. The summed E-state index contributed by atoms with van der Waals surface area (Å²) >= 11 is 0. The molecule has 1 aromatic carbocycles. The molecule has 2 heterocycles. The highest BCUT2D eigenvalue weighted by atomic mass is 15.3. The van der Waals surface area contributed by atoms with Crippen LogP contribution in [0.3, 0.4) is 0 Å². The highest BCUT2D eigenvalue weighted by molar-refractivity contribution is 5.57. The van der Waals surface area contributed by atoms with Gasteiger partial charge in [0.2, 0.25) is 0 Å². The third kappa shape index (κ3) is 2.18. The Morgan fingerprint density at radius 3 is 3.22 bits per heavy atom. The maximum absolute atomic E-state index is 4.16. The number of hydrogen-bond donors (Lipinski definition) is 2. The fraction of sp³-hybridized carbons (Fsp3) is 0.357. The van der Waals surface area contributed by atoms with Crippen molar-refractivity contribution in [1.82, 2.24) is 9.78 Å². The molecule has 0 saturated carbocycles. The Hall–Kier alpha value is -1.97. The molecule has 0 spiro atoms. The quantitative estimate of drug-likeness (QED) is 0.868. The summed E-state index contributed by atoms with van der Waals surface area (Å²) in [6, 6.07) is 6.49. The second kappa shape index (κ2) is 4.72. The molecule has 2 aromatic rings. The van der Waals surface area contributed by atoms with Crippen molar-refractivity contribution in [3.05, 3.63) is 41.7 Å². The minimum absolute atomic E-state index is 0.858. The Morgan fingerprint density at radius 2 is 2.39 bits per heavy atom. The van der Waals surface area contributed by atoms with Crippen LogP contribution in [0.15, 0.2) is 30.6 Å². The van der Waals surface area contributed by atoms with Crippen molar-refractivity contribution in [2.45, 2.75) is 19.4 Å². The SMILES string of the molecule is Cn1cc(NCc2cccc3c2CCCN3)cn1. The van der Waals surface area contributed by atoms with Gasteiger partial charge in [-0.25, -0.2) is 0 Å². The van der Waals surface area contributed by atoms with E-state index in [4.69, 9.17) is 0 Å². The first-order valence-electron chi connectivity index (χ1n) is 6.40. The molecule has 4 heteroatoms. The zero-order valence-corrected chi connectivity index (χ0v) is 10.6. The summed E-state index contributed by atoms with van der Waals surface area (Å²) in [7, 11) is 1.93. The standard InChI is InChI=1S/C14H18N4/c1-18-10-12(9-17-18)16-8-11-4-2-6-14-13(11)5-3-7-15-14/h2,4,6,9-10,15-16H,3,5,7-8H2,1H3. The fourth-order valence-electron chi connectivity index (χ4n) is 2.46. The lowest BCUT2D eigenvalue weighted by Gasteiger charge is -2.21. The average molecular weight is 242 g/mol. The number of rotatable bonds is 3. The summed E-state index contributed by atoms with van der Waals surface area (Å²) in [5, 5.41) is 11.0. The van der Waals surface area contributed by atoms with Crippen molar-refractivity contribution < 1.29 is 0 Å². The Bertz CT molecular complexity index is 544. The number of hydrogen-bond acceptors (Lipinski definition) is 3. The molecule has 94 valence electrons. The van der Waals surface area contributed by atoms with Crippen LogP contribution in [-0.2, 0) is 20.0 Å². The van der Waals surface area contributed by atoms with Gasteiger partial charge in [-0.3, -0.25) is 4.68 Å². The maximum Gasteiger partial charge on any atom is 0.0729 e. The molecule has 1 aromatic heterocycles. The van der Waals surface area contributed by atoms with Gasteiger partial charge in [0, 0.05) is 32.0 Å². The third-order valence-electron chi connectivity index (χ3n) is 3.38. The minimum Gasteiger partial charge on any atom is -0.385 e. The molecule has 18 heavy (non-hydrogen) atoms. The molecule has 0 fully saturated rings. The summed E-state index contributed by atoms with van der Waals surface area (Å²) in [5.74, 6) is 0. The normalized spacial score (nSPS) is 13.8. The summed E-state index contributed by atoms with van der Waals surface area (Å²) in [4.78, 5) is 0. The minimum atomic E-state index is 0.858. The van der Waals surface area contributed by atoms with Gasteiger partial charge in [0.15, 0.2) is 0 Å². The number of fused-ring (bicyclic) bond motifs is 1. The smallest absolute Gasteiger partial charge is 0.0729 e. The van der Waals surface area contributed by atoms with E-state index in [-0.39, 0.29) is 0 Å². The molecular formula is C14H18N4. The van der Waals surface area contributed by atoms with Crippen molar-refractivity contribution in [2.75, 3.05) is 17.2 Å². The van der Waals surface area contributed by atoms with Crippen LogP contribution in [0.25, 0.3) is 0 Å². The van der Waals surface area contributed by atoms with Crippen LogP contribution >= 0.6 is 0 Å². The number of aryl methyl sites for hydroxylation is 1. The van der Waals surface area contributed by atoms with Crippen molar-refractivity contribution in [3.63, 3.8) is 0 Å². The molecule has 0 amide bonds. The molecule has 1 aliphatic heterocycles. The highest BCUT2D eigenvalue weighted by Crippen LogP contribution is 2.25. The van der Waals surface area contributed by atoms with Crippen LogP contribution in [0, 0.1) is 0 Å². The van der Waals surface area contributed by atoms with Gasteiger partial charge in [-0.1, -0.05) is 12.1 Å². The van der Waals surface area contributed by atoms with E-state index in [0.29, 0.717) is 0 Å². The highest BCUT2D eigenvalue weighted by Gasteiger charge is 2.11. The summed E-state index contributed by atoms with van der Waals surface area (Å²) in [6.45, 7) is 1.95. The van der Waals surface area contributed by atoms with Crippen LogP contribution < -0.4 is 10.6 Å². The molecule has 4 nitrogen and oxygen atoms in total. The van der Waals surface area contributed by atoms with Crippen LogP contribution in [-0.4, -0.2) is 16.3 Å². The lowest BCUT2D eigenvalue weighted by Crippen LogP contribution is -2.14. The average Bonchev–Trinajstić information content (AvgIpc) is 2.82. The number of nitrogens with one attached hydrogen (secondary N) is 2. The molecule has 2 N–H and O–H groups in total. The monoisotopic (exact) mass is 242 g/mol. The molecular weight excluding hydrogens is 224 g/mol. The van der Waals surface area contributed by atoms with E-state index in [1.54, 1.807) is 0 Å². The largest absolute Gasteiger partial charge is 0.385 e. The Kier molecular flexibility index (Phi) is 2.92. The van der Waals surface area contributed by atoms with E-state index in [2.05, 4.69) is 33.9 Å². The fourth-order valence-corrected chi connectivity index (χ4v) is 2.46. The second-order valence-corrected chi connectivity index (χ2v) is 4.73. The first-order chi connectivity index (χ1) is 8.83. The van der Waals surface area contributed by atoms with Crippen LogP contribution in [0.5, 0.6) is 0 Å².